The third-order valence-electron chi connectivity index (χ3n) is 4.80. The molecule has 2 aromatic carbocycles. The lowest BCUT2D eigenvalue weighted by Crippen LogP contribution is -2.34. The number of amides is 2. The summed E-state index contributed by atoms with van der Waals surface area (Å²) >= 11 is 0. The quantitative estimate of drug-likeness (QED) is 0.427. The number of carbonyl (C=O) groups excluding carboxylic acids is 2. The van der Waals surface area contributed by atoms with Crippen LogP contribution in [-0.2, 0) is 17.8 Å². The number of aromatic nitrogens is 1. The van der Waals surface area contributed by atoms with E-state index in [9.17, 15) is 9.59 Å². The minimum atomic E-state index is -0.340. The predicted molar refractivity (Wildman–Crippen MR) is 123 cm³/mol. The van der Waals surface area contributed by atoms with E-state index in [0.717, 1.165) is 11.3 Å². The monoisotopic (exact) mass is 449 g/mol. The Morgan fingerprint density at radius 2 is 1.88 bits per heavy atom. The Labute approximate surface area is 192 Å². The van der Waals surface area contributed by atoms with E-state index < -0.39 is 0 Å². The standard InChI is InChI=1S/C25H27N3O5/c1-3-15-28(24(29)18-32-21-7-5-4-6-8-21)17-22-16-23(27-33-22)25(30)26-14-13-19-9-11-20(31-2)12-10-19/h3-12,16H,1,13-15,17-18H2,2H3,(H,26,30). The summed E-state index contributed by atoms with van der Waals surface area (Å²) in [6.45, 7) is 4.48. The van der Waals surface area contributed by atoms with Crippen molar-refractivity contribution in [1.82, 2.24) is 15.4 Å². The molecule has 0 saturated heterocycles. The molecule has 8 heteroatoms. The van der Waals surface area contributed by atoms with Crippen molar-refractivity contribution < 1.29 is 23.6 Å². The van der Waals surface area contributed by atoms with Crippen LogP contribution in [0.5, 0.6) is 11.5 Å². The van der Waals surface area contributed by atoms with Crippen molar-refractivity contribution >= 4 is 11.8 Å². The van der Waals surface area contributed by atoms with Crippen LogP contribution >= 0.6 is 0 Å². The maximum atomic E-state index is 12.6. The van der Waals surface area contributed by atoms with Crippen molar-refractivity contribution in [2.45, 2.75) is 13.0 Å². The Morgan fingerprint density at radius 1 is 1.12 bits per heavy atom. The number of methoxy groups -OCH3 is 1. The number of rotatable bonds is 12. The van der Waals surface area contributed by atoms with Crippen LogP contribution in [0.3, 0.4) is 0 Å². The number of hydrogen-bond donors (Lipinski definition) is 1. The molecule has 0 fully saturated rings. The number of carbonyl (C=O) groups is 2. The van der Waals surface area contributed by atoms with Gasteiger partial charge in [0.1, 0.15) is 11.5 Å². The number of nitrogens with zero attached hydrogens (tertiary/aromatic N) is 2. The number of para-hydroxylation sites is 1. The molecule has 0 radical (unpaired) electrons. The molecule has 33 heavy (non-hydrogen) atoms. The molecular weight excluding hydrogens is 422 g/mol. The van der Waals surface area contributed by atoms with Gasteiger partial charge in [-0.2, -0.15) is 0 Å². The molecule has 8 nitrogen and oxygen atoms in total. The molecular formula is C25H27N3O5. The average molecular weight is 450 g/mol. The zero-order chi connectivity index (χ0) is 23.5. The van der Waals surface area contributed by atoms with Crippen LogP contribution in [0.4, 0.5) is 0 Å². The second-order valence-electron chi connectivity index (χ2n) is 7.20. The van der Waals surface area contributed by atoms with Crippen LogP contribution in [-0.4, -0.2) is 48.7 Å². The van der Waals surface area contributed by atoms with Crippen molar-refractivity contribution in [2.75, 3.05) is 26.8 Å². The number of hydrogen-bond acceptors (Lipinski definition) is 6. The molecule has 3 aromatic rings. The number of ether oxygens (including phenoxy) is 2. The van der Waals surface area contributed by atoms with Gasteiger partial charge in [-0.25, -0.2) is 0 Å². The first-order valence-electron chi connectivity index (χ1n) is 10.5. The number of nitrogens with one attached hydrogen (secondary N) is 1. The third-order valence-corrected chi connectivity index (χ3v) is 4.80. The molecule has 0 aliphatic heterocycles. The van der Waals surface area contributed by atoms with Gasteiger partial charge in [0.15, 0.2) is 18.1 Å². The first kappa shape index (κ1) is 23.6. The van der Waals surface area contributed by atoms with E-state index in [0.29, 0.717) is 31.0 Å². The number of benzene rings is 2. The first-order valence-corrected chi connectivity index (χ1v) is 10.5. The van der Waals surface area contributed by atoms with E-state index in [-0.39, 0.29) is 30.7 Å². The van der Waals surface area contributed by atoms with Gasteiger partial charge in [0, 0.05) is 19.2 Å². The summed E-state index contributed by atoms with van der Waals surface area (Å²) in [4.78, 5) is 26.5. The highest BCUT2D eigenvalue weighted by Crippen LogP contribution is 2.13. The molecule has 1 N–H and O–H groups in total. The lowest BCUT2D eigenvalue weighted by atomic mass is 10.1. The predicted octanol–water partition coefficient (Wildman–Crippen LogP) is 3.25. The van der Waals surface area contributed by atoms with Crippen molar-refractivity contribution in [1.29, 1.82) is 0 Å². The third kappa shape index (κ3) is 7.24. The molecule has 0 bridgehead atoms. The molecule has 2 amide bonds. The van der Waals surface area contributed by atoms with E-state index in [2.05, 4.69) is 17.1 Å². The van der Waals surface area contributed by atoms with Gasteiger partial charge in [0.25, 0.3) is 11.8 Å². The Hall–Kier alpha value is -4.07. The van der Waals surface area contributed by atoms with Gasteiger partial charge in [0.05, 0.1) is 13.7 Å². The van der Waals surface area contributed by atoms with Crippen LogP contribution in [0.2, 0.25) is 0 Å². The van der Waals surface area contributed by atoms with Gasteiger partial charge in [-0.05, 0) is 36.2 Å². The second kappa shape index (κ2) is 12.1. The smallest absolute Gasteiger partial charge is 0.273 e. The molecule has 0 aliphatic carbocycles. The second-order valence-corrected chi connectivity index (χ2v) is 7.20. The fraction of sp³-hybridized carbons (Fsp3) is 0.240. The van der Waals surface area contributed by atoms with Crippen LogP contribution in [0.1, 0.15) is 21.8 Å². The summed E-state index contributed by atoms with van der Waals surface area (Å²) < 4.78 is 15.9. The minimum absolute atomic E-state index is 0.120. The Balaban J connectivity index is 1.49. The molecule has 0 unspecified atom stereocenters. The largest absolute Gasteiger partial charge is 0.497 e. The average Bonchev–Trinajstić information content (AvgIpc) is 3.32. The van der Waals surface area contributed by atoms with E-state index >= 15 is 0 Å². The van der Waals surface area contributed by atoms with Gasteiger partial charge in [0.2, 0.25) is 0 Å². The maximum Gasteiger partial charge on any atom is 0.273 e. The van der Waals surface area contributed by atoms with E-state index in [1.54, 1.807) is 25.3 Å². The molecule has 1 heterocycles. The summed E-state index contributed by atoms with van der Waals surface area (Å²) in [5.74, 6) is 1.21. The molecule has 0 atom stereocenters. The van der Waals surface area contributed by atoms with Crippen LogP contribution in [0.25, 0.3) is 0 Å². The van der Waals surface area contributed by atoms with Gasteiger partial charge in [-0.3, -0.25) is 9.59 Å². The normalized spacial score (nSPS) is 10.3. The summed E-state index contributed by atoms with van der Waals surface area (Å²) in [6, 6.07) is 18.3. The maximum absolute atomic E-state index is 12.6. The Morgan fingerprint density at radius 3 is 2.58 bits per heavy atom. The van der Waals surface area contributed by atoms with Crippen molar-refractivity contribution in [3.05, 3.63) is 90.3 Å². The zero-order valence-electron chi connectivity index (χ0n) is 18.5. The molecule has 0 spiro atoms. The Kier molecular flexibility index (Phi) is 8.64. The van der Waals surface area contributed by atoms with E-state index in [1.165, 1.54) is 11.0 Å². The zero-order valence-corrected chi connectivity index (χ0v) is 18.5. The minimum Gasteiger partial charge on any atom is -0.497 e. The topological polar surface area (TPSA) is 93.9 Å². The highest BCUT2D eigenvalue weighted by atomic mass is 16.5. The summed E-state index contributed by atoms with van der Waals surface area (Å²) in [5.41, 5.74) is 1.24. The summed E-state index contributed by atoms with van der Waals surface area (Å²) in [7, 11) is 1.62. The van der Waals surface area contributed by atoms with Crippen LogP contribution < -0.4 is 14.8 Å². The fourth-order valence-corrected chi connectivity index (χ4v) is 3.05. The van der Waals surface area contributed by atoms with E-state index in [4.69, 9.17) is 14.0 Å². The lowest BCUT2D eigenvalue weighted by Gasteiger charge is -2.19. The molecule has 0 aliphatic rings. The van der Waals surface area contributed by atoms with Crippen LogP contribution in [0, 0.1) is 0 Å². The molecule has 0 saturated carbocycles. The van der Waals surface area contributed by atoms with Gasteiger partial charge in [-0.15, -0.1) is 6.58 Å². The lowest BCUT2D eigenvalue weighted by molar-refractivity contribution is -0.133. The highest BCUT2D eigenvalue weighted by Gasteiger charge is 2.18. The molecule has 172 valence electrons. The van der Waals surface area contributed by atoms with E-state index in [1.807, 2.05) is 42.5 Å². The summed E-state index contributed by atoms with van der Waals surface area (Å²) in [6.07, 6.45) is 2.28. The Bertz CT molecular complexity index is 1050. The fourth-order valence-electron chi connectivity index (χ4n) is 3.05. The van der Waals surface area contributed by atoms with Gasteiger partial charge >= 0.3 is 0 Å². The van der Waals surface area contributed by atoms with Crippen molar-refractivity contribution in [3.8, 4) is 11.5 Å². The summed E-state index contributed by atoms with van der Waals surface area (Å²) in [5, 5.41) is 6.65. The SMILES string of the molecule is C=CCN(Cc1cc(C(=O)NCCc2ccc(OC)cc2)no1)C(=O)COc1ccccc1. The van der Waals surface area contributed by atoms with Gasteiger partial charge in [-0.1, -0.05) is 41.6 Å². The van der Waals surface area contributed by atoms with Gasteiger partial charge < -0.3 is 24.2 Å². The first-order chi connectivity index (χ1) is 16.1. The van der Waals surface area contributed by atoms with Crippen LogP contribution in [0.15, 0.2) is 77.8 Å². The molecule has 1 aromatic heterocycles. The van der Waals surface area contributed by atoms with Crippen molar-refractivity contribution in [2.24, 2.45) is 0 Å². The highest BCUT2D eigenvalue weighted by molar-refractivity contribution is 5.92. The molecule has 3 rings (SSSR count). The van der Waals surface area contributed by atoms with Crippen molar-refractivity contribution in [3.63, 3.8) is 0 Å².